The molecule has 0 saturated heterocycles. The fourth-order valence-electron chi connectivity index (χ4n) is 2.57. The van der Waals surface area contributed by atoms with Gasteiger partial charge in [0.1, 0.15) is 6.10 Å². The van der Waals surface area contributed by atoms with Crippen molar-refractivity contribution in [2.75, 3.05) is 21.3 Å². The Balaban J connectivity index is 1.97. The van der Waals surface area contributed by atoms with Gasteiger partial charge in [-0.2, -0.15) is 0 Å². The van der Waals surface area contributed by atoms with E-state index >= 15 is 0 Å². The van der Waals surface area contributed by atoms with Crippen molar-refractivity contribution in [3.8, 4) is 11.5 Å². The Bertz CT molecular complexity index is 478. The van der Waals surface area contributed by atoms with Crippen LogP contribution in [0.1, 0.15) is 36.0 Å². The number of benzene rings is 1. The first-order valence-corrected chi connectivity index (χ1v) is 7.13. The molecular weight excluding hydrogens is 272 g/mol. The second-order valence-electron chi connectivity index (χ2n) is 5.11. The van der Waals surface area contributed by atoms with Gasteiger partial charge in [0, 0.05) is 7.11 Å². The molecule has 0 spiro atoms. The second-order valence-corrected chi connectivity index (χ2v) is 5.11. The van der Waals surface area contributed by atoms with Gasteiger partial charge in [-0.1, -0.05) is 0 Å². The summed E-state index contributed by atoms with van der Waals surface area (Å²) in [7, 11) is 4.82. The van der Waals surface area contributed by atoms with E-state index in [0.717, 1.165) is 25.7 Å². The highest BCUT2D eigenvalue weighted by Crippen LogP contribution is 2.29. The van der Waals surface area contributed by atoms with Crippen molar-refractivity contribution >= 4 is 5.97 Å². The van der Waals surface area contributed by atoms with E-state index in [1.807, 2.05) is 0 Å². The van der Waals surface area contributed by atoms with Crippen LogP contribution in [0.15, 0.2) is 18.2 Å². The van der Waals surface area contributed by atoms with Crippen LogP contribution in [0.2, 0.25) is 0 Å². The highest BCUT2D eigenvalue weighted by Gasteiger charge is 2.24. The van der Waals surface area contributed by atoms with E-state index in [9.17, 15) is 4.79 Å². The first-order chi connectivity index (χ1) is 10.2. The van der Waals surface area contributed by atoms with Crippen LogP contribution in [0, 0.1) is 0 Å². The van der Waals surface area contributed by atoms with Gasteiger partial charge in [-0.05, 0) is 43.9 Å². The molecule has 0 heterocycles. The lowest BCUT2D eigenvalue weighted by Gasteiger charge is -2.27. The molecule has 0 aliphatic heterocycles. The summed E-state index contributed by atoms with van der Waals surface area (Å²) in [6.45, 7) is 0. The van der Waals surface area contributed by atoms with E-state index in [1.165, 1.54) is 0 Å². The molecule has 0 atom stereocenters. The van der Waals surface area contributed by atoms with Crippen LogP contribution in [-0.2, 0) is 9.47 Å². The first-order valence-electron chi connectivity index (χ1n) is 7.13. The minimum atomic E-state index is -0.322. The van der Waals surface area contributed by atoms with Crippen LogP contribution in [0.3, 0.4) is 0 Å². The zero-order valence-corrected chi connectivity index (χ0v) is 12.8. The Labute approximate surface area is 125 Å². The van der Waals surface area contributed by atoms with Crippen molar-refractivity contribution < 1.29 is 23.7 Å². The van der Waals surface area contributed by atoms with Crippen molar-refractivity contribution in [3.63, 3.8) is 0 Å². The third-order valence-electron chi connectivity index (χ3n) is 3.85. The molecule has 5 heteroatoms. The summed E-state index contributed by atoms with van der Waals surface area (Å²) in [4.78, 5) is 12.2. The number of hydrogen-bond acceptors (Lipinski definition) is 5. The van der Waals surface area contributed by atoms with Crippen LogP contribution in [0.25, 0.3) is 0 Å². The Hall–Kier alpha value is -1.75. The molecule has 1 aliphatic rings. The van der Waals surface area contributed by atoms with E-state index in [4.69, 9.17) is 18.9 Å². The van der Waals surface area contributed by atoms with Gasteiger partial charge >= 0.3 is 5.97 Å². The van der Waals surface area contributed by atoms with Crippen molar-refractivity contribution in [3.05, 3.63) is 23.8 Å². The van der Waals surface area contributed by atoms with Crippen LogP contribution in [-0.4, -0.2) is 39.5 Å². The number of esters is 1. The molecule has 1 saturated carbocycles. The van der Waals surface area contributed by atoms with E-state index in [2.05, 4.69) is 0 Å². The normalized spacial score (nSPS) is 21.7. The molecule has 21 heavy (non-hydrogen) atoms. The van der Waals surface area contributed by atoms with Gasteiger partial charge in [0.15, 0.2) is 11.5 Å². The molecular formula is C16H22O5. The number of carbonyl (C=O) groups excluding carboxylic acids is 1. The van der Waals surface area contributed by atoms with Crippen molar-refractivity contribution in [2.24, 2.45) is 0 Å². The van der Waals surface area contributed by atoms with Gasteiger partial charge in [-0.15, -0.1) is 0 Å². The average Bonchev–Trinajstić information content (AvgIpc) is 2.54. The molecule has 0 radical (unpaired) electrons. The molecule has 0 bridgehead atoms. The molecule has 0 N–H and O–H groups in total. The maximum Gasteiger partial charge on any atom is 0.338 e. The zero-order chi connectivity index (χ0) is 15.2. The topological polar surface area (TPSA) is 54.0 Å². The number of carbonyl (C=O) groups is 1. The maximum absolute atomic E-state index is 12.2. The standard InChI is InChI=1S/C16H22O5/c1-18-12-5-7-13(8-6-12)21-16(17)11-4-9-14(19-2)15(10-11)20-3/h4,9-10,12-13H,5-8H2,1-3H3. The molecule has 0 unspecified atom stereocenters. The average molecular weight is 294 g/mol. The molecule has 1 aromatic carbocycles. The Morgan fingerprint density at radius 1 is 0.952 bits per heavy atom. The van der Waals surface area contributed by atoms with E-state index in [-0.39, 0.29) is 12.1 Å². The molecule has 0 amide bonds. The smallest absolute Gasteiger partial charge is 0.338 e. The van der Waals surface area contributed by atoms with Gasteiger partial charge in [-0.3, -0.25) is 0 Å². The van der Waals surface area contributed by atoms with E-state index < -0.39 is 0 Å². The highest BCUT2D eigenvalue weighted by molar-refractivity contribution is 5.90. The number of ether oxygens (including phenoxy) is 4. The lowest BCUT2D eigenvalue weighted by atomic mass is 9.95. The fraction of sp³-hybridized carbons (Fsp3) is 0.562. The monoisotopic (exact) mass is 294 g/mol. The molecule has 1 aromatic rings. The predicted octanol–water partition coefficient (Wildman–Crippen LogP) is 2.82. The SMILES string of the molecule is COc1ccc(C(=O)OC2CCC(OC)CC2)cc1OC. The van der Waals surface area contributed by atoms with E-state index in [0.29, 0.717) is 23.2 Å². The maximum atomic E-state index is 12.2. The van der Waals surface area contributed by atoms with Crippen LogP contribution in [0.4, 0.5) is 0 Å². The molecule has 1 fully saturated rings. The highest BCUT2D eigenvalue weighted by atomic mass is 16.5. The van der Waals surface area contributed by atoms with Gasteiger partial charge in [0.25, 0.3) is 0 Å². The van der Waals surface area contributed by atoms with Crippen molar-refractivity contribution in [2.45, 2.75) is 37.9 Å². The molecule has 1 aliphatic carbocycles. The third kappa shape index (κ3) is 3.88. The van der Waals surface area contributed by atoms with Gasteiger partial charge < -0.3 is 18.9 Å². The first kappa shape index (κ1) is 15.6. The van der Waals surface area contributed by atoms with Crippen LogP contribution < -0.4 is 9.47 Å². The number of methoxy groups -OCH3 is 3. The summed E-state index contributed by atoms with van der Waals surface area (Å²) >= 11 is 0. The number of hydrogen-bond donors (Lipinski definition) is 0. The Kier molecular flexibility index (Phi) is 5.44. The minimum absolute atomic E-state index is 0.0306. The second kappa shape index (κ2) is 7.31. The zero-order valence-electron chi connectivity index (χ0n) is 12.8. The molecule has 2 rings (SSSR count). The van der Waals surface area contributed by atoms with Crippen LogP contribution >= 0.6 is 0 Å². The summed E-state index contributed by atoms with van der Waals surface area (Å²) in [5.41, 5.74) is 0.474. The van der Waals surface area contributed by atoms with Gasteiger partial charge in [-0.25, -0.2) is 4.79 Å². The lowest BCUT2D eigenvalue weighted by Crippen LogP contribution is -2.27. The minimum Gasteiger partial charge on any atom is -0.493 e. The lowest BCUT2D eigenvalue weighted by molar-refractivity contribution is -0.00542. The quantitative estimate of drug-likeness (QED) is 0.782. The van der Waals surface area contributed by atoms with Crippen molar-refractivity contribution in [1.82, 2.24) is 0 Å². The Morgan fingerprint density at radius 2 is 1.57 bits per heavy atom. The van der Waals surface area contributed by atoms with Gasteiger partial charge in [0.05, 0.1) is 25.9 Å². The summed E-state index contributed by atoms with van der Waals surface area (Å²) in [5.74, 6) is 0.793. The van der Waals surface area contributed by atoms with E-state index in [1.54, 1.807) is 39.5 Å². The summed E-state index contributed by atoms with van der Waals surface area (Å²) in [5, 5.41) is 0. The largest absolute Gasteiger partial charge is 0.493 e. The fourth-order valence-corrected chi connectivity index (χ4v) is 2.57. The summed E-state index contributed by atoms with van der Waals surface area (Å²) in [6.07, 6.45) is 3.81. The molecule has 116 valence electrons. The summed E-state index contributed by atoms with van der Waals surface area (Å²) < 4.78 is 21.2. The third-order valence-corrected chi connectivity index (χ3v) is 3.85. The Morgan fingerprint density at radius 3 is 2.14 bits per heavy atom. The van der Waals surface area contributed by atoms with Crippen LogP contribution in [0.5, 0.6) is 11.5 Å². The molecule has 5 nitrogen and oxygen atoms in total. The predicted molar refractivity (Wildman–Crippen MR) is 78.0 cm³/mol. The van der Waals surface area contributed by atoms with Crippen molar-refractivity contribution in [1.29, 1.82) is 0 Å². The summed E-state index contributed by atoms with van der Waals surface area (Å²) in [6, 6.07) is 5.03. The van der Waals surface area contributed by atoms with Gasteiger partial charge in [0.2, 0.25) is 0 Å². The molecule has 0 aromatic heterocycles. The number of rotatable bonds is 5.